The largest absolute Gasteiger partial charge is 0.479 e. The molecule has 7 heteroatoms. The van der Waals surface area contributed by atoms with E-state index in [0.29, 0.717) is 0 Å². The Labute approximate surface area is 92.1 Å². The Morgan fingerprint density at radius 1 is 1.62 bits per heavy atom. The second kappa shape index (κ2) is 4.27. The summed E-state index contributed by atoms with van der Waals surface area (Å²) in [6.07, 6.45) is -3.88. The molecule has 2 heterocycles. The third-order valence-corrected chi connectivity index (χ3v) is 2.85. The number of aliphatic hydroxyl groups excluding tert-OH is 1. The van der Waals surface area contributed by atoms with Crippen LogP contribution in [-0.2, 0) is 19.0 Å². The van der Waals surface area contributed by atoms with E-state index in [0.717, 1.165) is 0 Å². The summed E-state index contributed by atoms with van der Waals surface area (Å²) in [5.74, 6) is -1.10. The van der Waals surface area contributed by atoms with E-state index in [4.69, 9.17) is 25.1 Å². The number of carboxylic acid groups (broad SMARTS) is 1. The number of rotatable bonds is 3. The first-order valence-electron chi connectivity index (χ1n) is 5.09. The zero-order valence-corrected chi connectivity index (χ0v) is 8.78. The number of aliphatic hydroxyl groups is 1. The van der Waals surface area contributed by atoms with Gasteiger partial charge in [-0.05, 0) is 6.92 Å². The van der Waals surface area contributed by atoms with Gasteiger partial charge in [-0.1, -0.05) is 0 Å². The lowest BCUT2D eigenvalue weighted by atomic mass is 9.99. The maximum atomic E-state index is 10.7. The zero-order chi connectivity index (χ0) is 11.9. The van der Waals surface area contributed by atoms with Crippen LogP contribution in [0.3, 0.4) is 0 Å². The molecular formula is C9H15NO6. The van der Waals surface area contributed by atoms with Crippen molar-refractivity contribution >= 4 is 5.97 Å². The van der Waals surface area contributed by atoms with Gasteiger partial charge in [0, 0.05) is 0 Å². The van der Waals surface area contributed by atoms with Crippen LogP contribution in [0.1, 0.15) is 6.92 Å². The number of fused-ring (bicyclic) bond motifs is 2. The summed E-state index contributed by atoms with van der Waals surface area (Å²) in [4.78, 5) is 10.7. The normalized spacial score (nSPS) is 44.3. The molecule has 92 valence electrons. The van der Waals surface area contributed by atoms with Crippen LogP contribution in [0.25, 0.3) is 0 Å². The second-order valence-corrected chi connectivity index (χ2v) is 4.03. The molecule has 0 aliphatic carbocycles. The molecule has 0 saturated carbocycles. The number of ether oxygens (including phenoxy) is 3. The third kappa shape index (κ3) is 1.92. The monoisotopic (exact) mass is 233 g/mol. The molecule has 2 bridgehead atoms. The fourth-order valence-electron chi connectivity index (χ4n) is 1.88. The van der Waals surface area contributed by atoms with Gasteiger partial charge in [-0.25, -0.2) is 4.79 Å². The predicted molar refractivity (Wildman–Crippen MR) is 50.6 cm³/mol. The lowest BCUT2D eigenvalue weighted by molar-refractivity contribution is -0.207. The minimum atomic E-state index is -1.10. The highest BCUT2D eigenvalue weighted by Crippen LogP contribution is 2.29. The summed E-state index contributed by atoms with van der Waals surface area (Å²) in [7, 11) is 0. The number of hydrogen-bond acceptors (Lipinski definition) is 6. The van der Waals surface area contributed by atoms with Crippen LogP contribution >= 0.6 is 0 Å². The molecule has 2 rings (SSSR count). The van der Waals surface area contributed by atoms with Gasteiger partial charge in [-0.15, -0.1) is 0 Å². The van der Waals surface area contributed by atoms with Gasteiger partial charge in [0.25, 0.3) is 0 Å². The molecule has 0 spiro atoms. The summed E-state index contributed by atoms with van der Waals surface area (Å²) in [6, 6.07) is -0.685. The van der Waals surface area contributed by atoms with Crippen LogP contribution < -0.4 is 5.73 Å². The summed E-state index contributed by atoms with van der Waals surface area (Å²) in [5.41, 5.74) is 5.77. The maximum Gasteiger partial charge on any atom is 0.332 e. The molecular weight excluding hydrogens is 218 g/mol. The molecule has 1 unspecified atom stereocenters. The summed E-state index contributed by atoms with van der Waals surface area (Å²) in [5, 5.41) is 18.6. The van der Waals surface area contributed by atoms with Crippen molar-refractivity contribution in [3.8, 4) is 0 Å². The smallest absolute Gasteiger partial charge is 0.332 e. The standard InChI is InChI=1S/C9H15NO6/c1-3(8(12)13)15-7-5(10)9-14-2-4(16-9)6(7)11/h3-7,9,11H,2,10H2,1H3,(H,12,13)/t3?,4-,5-,6-,7-,9-/m1/s1. The van der Waals surface area contributed by atoms with Crippen LogP contribution in [-0.4, -0.2) is 59.5 Å². The molecule has 16 heavy (non-hydrogen) atoms. The second-order valence-electron chi connectivity index (χ2n) is 4.03. The minimum Gasteiger partial charge on any atom is -0.479 e. The molecule has 0 aromatic rings. The van der Waals surface area contributed by atoms with Gasteiger partial charge >= 0.3 is 5.97 Å². The molecule has 2 aliphatic heterocycles. The number of carboxylic acids is 1. The number of aliphatic carboxylic acids is 1. The lowest BCUT2D eigenvalue weighted by Gasteiger charge is -2.37. The van der Waals surface area contributed by atoms with Crippen molar-refractivity contribution in [2.75, 3.05) is 6.61 Å². The topological polar surface area (TPSA) is 111 Å². The quantitative estimate of drug-likeness (QED) is 0.532. The van der Waals surface area contributed by atoms with Gasteiger partial charge in [0.15, 0.2) is 12.4 Å². The van der Waals surface area contributed by atoms with Crippen LogP contribution in [0.4, 0.5) is 0 Å². The molecule has 7 nitrogen and oxygen atoms in total. The van der Waals surface area contributed by atoms with Crippen LogP contribution in [0.15, 0.2) is 0 Å². The van der Waals surface area contributed by atoms with Crippen LogP contribution in [0, 0.1) is 0 Å². The molecule has 0 radical (unpaired) electrons. The Kier molecular flexibility index (Phi) is 3.13. The van der Waals surface area contributed by atoms with Crippen molar-refractivity contribution < 1.29 is 29.2 Å². The average Bonchev–Trinajstić information content (AvgIpc) is 2.68. The Balaban J connectivity index is 2.05. The average molecular weight is 233 g/mol. The molecule has 2 fully saturated rings. The van der Waals surface area contributed by atoms with Gasteiger partial charge < -0.3 is 30.2 Å². The first kappa shape index (κ1) is 11.7. The van der Waals surface area contributed by atoms with Crippen molar-refractivity contribution in [1.82, 2.24) is 0 Å². The Bertz CT molecular complexity index is 269. The zero-order valence-electron chi connectivity index (χ0n) is 8.78. The van der Waals surface area contributed by atoms with E-state index in [-0.39, 0.29) is 6.61 Å². The third-order valence-electron chi connectivity index (χ3n) is 2.85. The molecule has 4 N–H and O–H groups in total. The van der Waals surface area contributed by atoms with Crippen LogP contribution in [0.5, 0.6) is 0 Å². The first-order chi connectivity index (χ1) is 7.50. The first-order valence-corrected chi connectivity index (χ1v) is 5.09. The molecule has 2 aliphatic rings. The highest BCUT2D eigenvalue weighted by molar-refractivity contribution is 5.71. The van der Waals surface area contributed by atoms with E-state index < -0.39 is 42.7 Å². The highest BCUT2D eigenvalue weighted by Gasteiger charge is 2.50. The van der Waals surface area contributed by atoms with E-state index in [9.17, 15) is 9.90 Å². The van der Waals surface area contributed by atoms with E-state index in [1.54, 1.807) is 0 Å². The Hall–Kier alpha value is -0.730. The summed E-state index contributed by atoms with van der Waals surface area (Å²) >= 11 is 0. The molecule has 2 saturated heterocycles. The van der Waals surface area contributed by atoms with Crippen molar-refractivity contribution in [1.29, 1.82) is 0 Å². The molecule has 0 aromatic carbocycles. The van der Waals surface area contributed by atoms with Gasteiger partial charge in [0.2, 0.25) is 0 Å². The number of nitrogens with two attached hydrogens (primary N) is 1. The van der Waals surface area contributed by atoms with Gasteiger partial charge in [0.05, 0.1) is 12.6 Å². The van der Waals surface area contributed by atoms with E-state index in [1.165, 1.54) is 6.92 Å². The molecule has 0 amide bonds. The summed E-state index contributed by atoms with van der Waals surface area (Å²) in [6.45, 7) is 1.64. The molecule has 6 atom stereocenters. The number of hydrogen-bond donors (Lipinski definition) is 3. The van der Waals surface area contributed by atoms with Gasteiger partial charge in [-0.3, -0.25) is 0 Å². The maximum absolute atomic E-state index is 10.7. The van der Waals surface area contributed by atoms with Crippen molar-refractivity contribution in [3.63, 3.8) is 0 Å². The fourth-order valence-corrected chi connectivity index (χ4v) is 1.88. The van der Waals surface area contributed by atoms with E-state index in [2.05, 4.69) is 0 Å². The van der Waals surface area contributed by atoms with Crippen molar-refractivity contribution in [2.45, 2.75) is 43.7 Å². The van der Waals surface area contributed by atoms with Crippen molar-refractivity contribution in [3.05, 3.63) is 0 Å². The lowest BCUT2D eigenvalue weighted by Crippen LogP contribution is -2.59. The van der Waals surface area contributed by atoms with Gasteiger partial charge in [0.1, 0.15) is 18.3 Å². The molecule has 0 aromatic heterocycles. The summed E-state index contributed by atoms with van der Waals surface area (Å²) < 4.78 is 15.7. The fraction of sp³-hybridized carbons (Fsp3) is 0.889. The van der Waals surface area contributed by atoms with E-state index in [1.807, 2.05) is 0 Å². The van der Waals surface area contributed by atoms with Crippen molar-refractivity contribution in [2.24, 2.45) is 5.73 Å². The van der Waals surface area contributed by atoms with Crippen LogP contribution in [0.2, 0.25) is 0 Å². The Morgan fingerprint density at radius 2 is 2.31 bits per heavy atom. The Morgan fingerprint density at radius 3 is 2.94 bits per heavy atom. The van der Waals surface area contributed by atoms with E-state index >= 15 is 0 Å². The van der Waals surface area contributed by atoms with Gasteiger partial charge in [-0.2, -0.15) is 0 Å². The highest BCUT2D eigenvalue weighted by atomic mass is 16.7. The number of carbonyl (C=O) groups is 1. The SMILES string of the molecule is CC(O[C@@H]1[C@@H](N)[C@@H]2OC[C@@H](O2)[C@H]1O)C(=O)O. The predicted octanol–water partition coefficient (Wildman–Crippen LogP) is -1.71. The minimum absolute atomic E-state index is 0.251.